The van der Waals surface area contributed by atoms with Crippen molar-refractivity contribution in [2.45, 2.75) is 32.8 Å². The Bertz CT molecular complexity index is 851. The molecule has 26 heavy (non-hydrogen) atoms. The van der Waals surface area contributed by atoms with Crippen molar-refractivity contribution in [1.82, 2.24) is 4.98 Å². The fourth-order valence-corrected chi connectivity index (χ4v) is 2.47. The van der Waals surface area contributed by atoms with Crippen LogP contribution in [0.4, 0.5) is 5.69 Å². The number of rotatable bonds is 5. The van der Waals surface area contributed by atoms with Crippen LogP contribution < -0.4 is 15.2 Å². The fourth-order valence-electron chi connectivity index (χ4n) is 2.47. The molecule has 0 aliphatic carbocycles. The van der Waals surface area contributed by atoms with Crippen molar-refractivity contribution in [2.75, 3.05) is 5.73 Å². The molecule has 4 heteroatoms. The maximum absolute atomic E-state index is 5.85. The number of hydrogen-bond acceptors (Lipinski definition) is 4. The average molecular weight is 348 g/mol. The fraction of sp³-hybridized carbons (Fsp3) is 0.227. The molecule has 0 radical (unpaired) electrons. The van der Waals surface area contributed by atoms with Gasteiger partial charge in [0.15, 0.2) is 0 Å². The van der Waals surface area contributed by atoms with E-state index in [1.165, 1.54) is 5.56 Å². The Kier molecular flexibility index (Phi) is 5.12. The molecule has 0 bridgehead atoms. The van der Waals surface area contributed by atoms with Gasteiger partial charge in [-0.15, -0.1) is 0 Å². The van der Waals surface area contributed by atoms with Crippen LogP contribution in [-0.4, -0.2) is 4.98 Å². The van der Waals surface area contributed by atoms with Gasteiger partial charge in [0.2, 0.25) is 5.88 Å². The van der Waals surface area contributed by atoms with Gasteiger partial charge in [0, 0.05) is 6.20 Å². The maximum Gasteiger partial charge on any atom is 0.242 e. The minimum absolute atomic E-state index is 0.159. The van der Waals surface area contributed by atoms with Gasteiger partial charge in [-0.05, 0) is 52.9 Å². The van der Waals surface area contributed by atoms with Crippen LogP contribution >= 0.6 is 0 Å². The van der Waals surface area contributed by atoms with E-state index in [1.807, 2.05) is 24.3 Å². The van der Waals surface area contributed by atoms with E-state index in [1.54, 1.807) is 18.3 Å². The van der Waals surface area contributed by atoms with Crippen LogP contribution in [0.3, 0.4) is 0 Å². The summed E-state index contributed by atoms with van der Waals surface area (Å²) >= 11 is 0. The third-order valence-electron chi connectivity index (χ3n) is 4.06. The van der Waals surface area contributed by atoms with Crippen LogP contribution in [0.1, 0.15) is 31.9 Å². The lowest BCUT2D eigenvalue weighted by Crippen LogP contribution is -2.10. The molecule has 0 saturated carbocycles. The smallest absolute Gasteiger partial charge is 0.242 e. The summed E-state index contributed by atoms with van der Waals surface area (Å²) in [6.45, 7) is 7.15. The Balaban J connectivity index is 1.58. The number of ether oxygens (including phenoxy) is 2. The lowest BCUT2D eigenvalue weighted by Gasteiger charge is -2.19. The van der Waals surface area contributed by atoms with Crippen LogP contribution in [0, 0.1) is 0 Å². The number of benzene rings is 2. The Morgan fingerprint density at radius 3 is 2.15 bits per heavy atom. The zero-order chi connectivity index (χ0) is 18.6. The van der Waals surface area contributed by atoms with Crippen LogP contribution in [0.25, 0.3) is 0 Å². The van der Waals surface area contributed by atoms with Gasteiger partial charge in [0.25, 0.3) is 0 Å². The second-order valence-electron chi connectivity index (χ2n) is 7.21. The van der Waals surface area contributed by atoms with Gasteiger partial charge in [-0.3, -0.25) is 0 Å². The van der Waals surface area contributed by atoms with Gasteiger partial charge in [0.05, 0.1) is 5.69 Å². The zero-order valence-electron chi connectivity index (χ0n) is 15.4. The molecule has 3 aromatic rings. The van der Waals surface area contributed by atoms with Gasteiger partial charge in [-0.2, -0.15) is 0 Å². The van der Waals surface area contributed by atoms with Gasteiger partial charge in [-0.1, -0.05) is 45.0 Å². The molecule has 0 unspecified atom stereocenters. The molecule has 0 spiro atoms. The summed E-state index contributed by atoms with van der Waals surface area (Å²) in [7, 11) is 0. The van der Waals surface area contributed by atoms with Crippen molar-refractivity contribution in [1.29, 1.82) is 0 Å². The molecule has 0 atom stereocenters. The lowest BCUT2D eigenvalue weighted by molar-refractivity contribution is 0.305. The molecule has 2 N–H and O–H groups in total. The number of pyridine rings is 1. The second kappa shape index (κ2) is 7.48. The molecular weight excluding hydrogens is 324 g/mol. The van der Waals surface area contributed by atoms with Crippen molar-refractivity contribution in [3.8, 4) is 17.4 Å². The van der Waals surface area contributed by atoms with E-state index in [0.717, 1.165) is 11.3 Å². The van der Waals surface area contributed by atoms with E-state index in [2.05, 4.69) is 50.0 Å². The molecular formula is C22H24N2O2. The summed E-state index contributed by atoms with van der Waals surface area (Å²) in [5, 5.41) is 0. The number of nitrogens with zero attached hydrogens (tertiary/aromatic N) is 1. The van der Waals surface area contributed by atoms with Crippen molar-refractivity contribution in [3.05, 3.63) is 78.0 Å². The summed E-state index contributed by atoms with van der Waals surface area (Å²) in [5.41, 5.74) is 8.96. The van der Waals surface area contributed by atoms with E-state index >= 15 is 0 Å². The summed E-state index contributed by atoms with van der Waals surface area (Å²) in [6.07, 6.45) is 1.65. The van der Waals surface area contributed by atoms with Crippen molar-refractivity contribution in [3.63, 3.8) is 0 Å². The first-order valence-corrected chi connectivity index (χ1v) is 8.62. The van der Waals surface area contributed by atoms with Gasteiger partial charge in [-0.25, -0.2) is 4.98 Å². The summed E-state index contributed by atoms with van der Waals surface area (Å²) < 4.78 is 11.5. The largest absolute Gasteiger partial charge is 0.489 e. The van der Waals surface area contributed by atoms with E-state index < -0.39 is 0 Å². The first-order valence-electron chi connectivity index (χ1n) is 8.62. The summed E-state index contributed by atoms with van der Waals surface area (Å²) in [4.78, 5) is 4.12. The van der Waals surface area contributed by atoms with Crippen molar-refractivity contribution in [2.24, 2.45) is 0 Å². The molecule has 0 aliphatic heterocycles. The number of aromatic nitrogens is 1. The number of nitrogen functional groups attached to an aromatic ring is 1. The quantitative estimate of drug-likeness (QED) is 0.677. The third-order valence-corrected chi connectivity index (χ3v) is 4.06. The van der Waals surface area contributed by atoms with E-state index in [9.17, 15) is 0 Å². The topological polar surface area (TPSA) is 57.4 Å². The predicted octanol–water partition coefficient (Wildman–Crippen LogP) is 5.33. The molecule has 0 saturated heterocycles. The molecule has 0 amide bonds. The van der Waals surface area contributed by atoms with Crippen LogP contribution in [0.5, 0.6) is 17.4 Å². The van der Waals surface area contributed by atoms with Crippen LogP contribution in [0.15, 0.2) is 66.9 Å². The molecule has 2 aromatic carbocycles. The highest BCUT2D eigenvalue weighted by atomic mass is 16.5. The summed E-state index contributed by atoms with van der Waals surface area (Å²) in [5.74, 6) is 1.85. The Hall–Kier alpha value is -3.01. The minimum atomic E-state index is 0.159. The highest BCUT2D eigenvalue weighted by Gasteiger charge is 2.12. The van der Waals surface area contributed by atoms with E-state index in [4.69, 9.17) is 15.2 Å². The molecule has 4 nitrogen and oxygen atoms in total. The average Bonchev–Trinajstić information content (AvgIpc) is 2.63. The number of anilines is 1. The zero-order valence-corrected chi connectivity index (χ0v) is 15.4. The van der Waals surface area contributed by atoms with Crippen LogP contribution in [0.2, 0.25) is 0 Å². The van der Waals surface area contributed by atoms with E-state index in [0.29, 0.717) is 23.9 Å². The highest BCUT2D eigenvalue weighted by molar-refractivity contribution is 5.49. The second-order valence-corrected chi connectivity index (χ2v) is 7.21. The van der Waals surface area contributed by atoms with Gasteiger partial charge in [0.1, 0.15) is 18.1 Å². The maximum atomic E-state index is 5.85. The molecule has 3 rings (SSSR count). The third kappa shape index (κ3) is 4.54. The molecule has 1 heterocycles. The van der Waals surface area contributed by atoms with Crippen molar-refractivity contribution >= 4 is 5.69 Å². The highest BCUT2D eigenvalue weighted by Crippen LogP contribution is 2.26. The first-order chi connectivity index (χ1) is 12.4. The van der Waals surface area contributed by atoms with E-state index in [-0.39, 0.29) is 5.41 Å². The molecule has 0 fully saturated rings. The monoisotopic (exact) mass is 348 g/mol. The van der Waals surface area contributed by atoms with Gasteiger partial charge < -0.3 is 15.2 Å². The normalized spacial score (nSPS) is 11.2. The standard InChI is InChI=1S/C22H24N2O2/c1-22(2,3)17-8-6-16(7-9-17)15-25-18-10-12-19(13-11-18)26-21-20(23)5-4-14-24-21/h4-14H,15,23H2,1-3H3. The Morgan fingerprint density at radius 2 is 1.54 bits per heavy atom. The first kappa shape index (κ1) is 17.8. The number of hydrogen-bond donors (Lipinski definition) is 1. The molecule has 0 aliphatic rings. The van der Waals surface area contributed by atoms with Crippen molar-refractivity contribution < 1.29 is 9.47 Å². The van der Waals surface area contributed by atoms with Crippen LogP contribution in [-0.2, 0) is 12.0 Å². The number of nitrogens with two attached hydrogens (primary N) is 1. The SMILES string of the molecule is CC(C)(C)c1ccc(COc2ccc(Oc3ncccc3N)cc2)cc1. The lowest BCUT2D eigenvalue weighted by atomic mass is 9.87. The predicted molar refractivity (Wildman–Crippen MR) is 105 cm³/mol. The van der Waals surface area contributed by atoms with Gasteiger partial charge >= 0.3 is 0 Å². The Morgan fingerprint density at radius 1 is 0.885 bits per heavy atom. The molecule has 134 valence electrons. The molecule has 1 aromatic heterocycles. The summed E-state index contributed by atoms with van der Waals surface area (Å²) in [6, 6.07) is 19.5. The minimum Gasteiger partial charge on any atom is -0.489 e. The Labute approximate surface area is 154 Å².